The normalized spacial score (nSPS) is 10.8. The van der Waals surface area contributed by atoms with Gasteiger partial charge in [0.2, 0.25) is 0 Å². The number of nitrogens with one attached hydrogen (secondary N) is 2. The average molecular weight is 340 g/mol. The zero-order valence-corrected chi connectivity index (χ0v) is 13.7. The number of hydrogen-bond acceptors (Lipinski definition) is 3. The second kappa shape index (κ2) is 6.72. The van der Waals surface area contributed by atoms with Crippen molar-refractivity contribution in [2.75, 3.05) is 6.54 Å². The minimum absolute atomic E-state index is 0.270. The number of nitrogens with zero attached hydrogens (tertiary/aromatic N) is 2. The van der Waals surface area contributed by atoms with E-state index in [1.807, 2.05) is 0 Å². The van der Waals surface area contributed by atoms with Crippen molar-refractivity contribution in [3.8, 4) is 0 Å². The molecule has 0 radical (unpaired) electrons. The molecule has 2 heterocycles. The predicted octanol–water partition coefficient (Wildman–Crippen LogP) is 1.98. The fourth-order valence-corrected chi connectivity index (χ4v) is 2.59. The molecule has 0 bridgehead atoms. The number of carbonyl (C=O) groups is 1. The van der Waals surface area contributed by atoms with E-state index in [0.717, 1.165) is 5.56 Å². The molecule has 0 aliphatic carbocycles. The SMILES string of the molecule is C=CCNC(=O)c1c[nH]n2c(=O)c(Cc3ccc(F)cc3)c(C)nc12. The van der Waals surface area contributed by atoms with Gasteiger partial charge in [-0.05, 0) is 24.6 Å². The van der Waals surface area contributed by atoms with Crippen LogP contribution in [-0.4, -0.2) is 27.0 Å². The minimum Gasteiger partial charge on any atom is -0.348 e. The van der Waals surface area contributed by atoms with E-state index in [-0.39, 0.29) is 28.5 Å². The molecule has 0 unspecified atom stereocenters. The van der Waals surface area contributed by atoms with E-state index >= 15 is 0 Å². The molecule has 2 aromatic heterocycles. The van der Waals surface area contributed by atoms with Crippen LogP contribution in [0.3, 0.4) is 0 Å². The molecule has 128 valence electrons. The smallest absolute Gasteiger partial charge is 0.276 e. The van der Waals surface area contributed by atoms with Crippen LogP contribution in [0.1, 0.15) is 27.2 Å². The number of H-pyrrole nitrogens is 1. The van der Waals surface area contributed by atoms with Gasteiger partial charge in [0.05, 0.1) is 0 Å². The molecule has 3 rings (SSSR count). The summed E-state index contributed by atoms with van der Waals surface area (Å²) >= 11 is 0. The number of fused-ring (bicyclic) bond motifs is 1. The highest BCUT2D eigenvalue weighted by Crippen LogP contribution is 2.13. The summed E-state index contributed by atoms with van der Waals surface area (Å²) in [6.45, 7) is 5.59. The highest BCUT2D eigenvalue weighted by atomic mass is 19.1. The van der Waals surface area contributed by atoms with E-state index in [2.05, 4.69) is 22.0 Å². The van der Waals surface area contributed by atoms with Crippen molar-refractivity contribution in [2.24, 2.45) is 0 Å². The Labute approximate surface area is 143 Å². The second-order valence-corrected chi connectivity index (χ2v) is 5.63. The van der Waals surface area contributed by atoms with Crippen LogP contribution in [0.25, 0.3) is 5.65 Å². The first-order valence-corrected chi connectivity index (χ1v) is 7.74. The molecule has 6 nitrogen and oxygen atoms in total. The Hall–Kier alpha value is -3.22. The predicted molar refractivity (Wildman–Crippen MR) is 92.3 cm³/mol. The number of aryl methyl sites for hydroxylation is 1. The Balaban J connectivity index is 2.02. The van der Waals surface area contributed by atoms with Gasteiger partial charge >= 0.3 is 0 Å². The van der Waals surface area contributed by atoms with Crippen molar-refractivity contribution < 1.29 is 9.18 Å². The number of aromatic nitrogens is 3. The largest absolute Gasteiger partial charge is 0.348 e. The monoisotopic (exact) mass is 340 g/mol. The summed E-state index contributed by atoms with van der Waals surface area (Å²) in [5.41, 5.74) is 2.10. The third-order valence-corrected chi connectivity index (χ3v) is 3.91. The first-order chi connectivity index (χ1) is 12.0. The van der Waals surface area contributed by atoms with Crippen molar-refractivity contribution in [2.45, 2.75) is 13.3 Å². The first-order valence-electron chi connectivity index (χ1n) is 7.74. The topological polar surface area (TPSA) is 79.3 Å². The Morgan fingerprint density at radius 3 is 2.80 bits per heavy atom. The van der Waals surface area contributed by atoms with E-state index in [9.17, 15) is 14.0 Å². The quantitative estimate of drug-likeness (QED) is 0.697. The summed E-state index contributed by atoms with van der Waals surface area (Å²) in [6.07, 6.45) is 3.35. The summed E-state index contributed by atoms with van der Waals surface area (Å²) in [6, 6.07) is 5.97. The van der Waals surface area contributed by atoms with Gasteiger partial charge in [-0.1, -0.05) is 18.2 Å². The number of benzene rings is 1. The number of carbonyl (C=O) groups excluding carboxylic acids is 1. The standard InChI is InChI=1S/C18H17FN4O2/c1-3-8-20-17(24)15-10-21-23-16(15)22-11(2)14(18(23)25)9-12-4-6-13(19)7-5-12/h3-7,10,21H,1,8-9H2,2H3,(H,20,24). The van der Waals surface area contributed by atoms with Gasteiger partial charge in [-0.15, -0.1) is 6.58 Å². The molecule has 7 heteroatoms. The molecule has 25 heavy (non-hydrogen) atoms. The summed E-state index contributed by atoms with van der Waals surface area (Å²) in [5, 5.41) is 5.43. The van der Waals surface area contributed by atoms with Crippen molar-refractivity contribution in [3.63, 3.8) is 0 Å². The molecule has 0 spiro atoms. The lowest BCUT2D eigenvalue weighted by atomic mass is 10.1. The molecular formula is C18H17FN4O2. The van der Waals surface area contributed by atoms with Crippen LogP contribution in [0, 0.1) is 12.7 Å². The van der Waals surface area contributed by atoms with Crippen LogP contribution in [0.15, 0.2) is 47.9 Å². The van der Waals surface area contributed by atoms with Crippen molar-refractivity contribution >= 4 is 11.6 Å². The van der Waals surface area contributed by atoms with Crippen LogP contribution in [0.5, 0.6) is 0 Å². The minimum atomic E-state index is -0.337. The summed E-state index contributed by atoms with van der Waals surface area (Å²) in [7, 11) is 0. The van der Waals surface area contributed by atoms with Crippen LogP contribution in [0.2, 0.25) is 0 Å². The van der Waals surface area contributed by atoms with Gasteiger partial charge in [-0.3, -0.25) is 14.7 Å². The fourth-order valence-electron chi connectivity index (χ4n) is 2.59. The van der Waals surface area contributed by atoms with Gasteiger partial charge in [0.25, 0.3) is 11.5 Å². The summed E-state index contributed by atoms with van der Waals surface area (Å²) < 4.78 is 14.3. The van der Waals surface area contributed by atoms with Gasteiger partial charge in [0.15, 0.2) is 5.65 Å². The summed E-state index contributed by atoms with van der Waals surface area (Å²) in [5.74, 6) is -0.665. The zero-order valence-electron chi connectivity index (χ0n) is 13.7. The fraction of sp³-hybridized carbons (Fsp3) is 0.167. The molecule has 0 saturated heterocycles. The van der Waals surface area contributed by atoms with Gasteiger partial charge < -0.3 is 5.32 Å². The molecular weight excluding hydrogens is 323 g/mol. The maximum Gasteiger partial charge on any atom is 0.276 e. The lowest BCUT2D eigenvalue weighted by Crippen LogP contribution is -2.25. The Morgan fingerprint density at radius 2 is 2.12 bits per heavy atom. The van der Waals surface area contributed by atoms with E-state index < -0.39 is 0 Å². The highest BCUT2D eigenvalue weighted by molar-refractivity contribution is 5.99. The maximum atomic E-state index is 13.0. The number of rotatable bonds is 5. The van der Waals surface area contributed by atoms with Crippen LogP contribution < -0.4 is 10.9 Å². The van der Waals surface area contributed by atoms with Gasteiger partial charge in [0.1, 0.15) is 11.4 Å². The Bertz CT molecular complexity index is 1000. The average Bonchev–Trinajstić information content (AvgIpc) is 3.02. The van der Waals surface area contributed by atoms with E-state index in [0.29, 0.717) is 24.2 Å². The number of hydrogen-bond donors (Lipinski definition) is 2. The van der Waals surface area contributed by atoms with Crippen molar-refractivity contribution in [1.82, 2.24) is 19.9 Å². The lowest BCUT2D eigenvalue weighted by Gasteiger charge is -2.07. The van der Waals surface area contributed by atoms with Gasteiger partial charge in [-0.2, -0.15) is 0 Å². The van der Waals surface area contributed by atoms with E-state index in [1.165, 1.54) is 22.8 Å². The third kappa shape index (κ3) is 3.21. The molecule has 0 atom stereocenters. The number of amides is 1. The molecule has 0 fully saturated rings. The third-order valence-electron chi connectivity index (χ3n) is 3.91. The molecule has 0 saturated carbocycles. The number of aromatic amines is 1. The van der Waals surface area contributed by atoms with Crippen LogP contribution in [0.4, 0.5) is 4.39 Å². The van der Waals surface area contributed by atoms with Crippen molar-refractivity contribution in [3.05, 3.63) is 81.7 Å². The van der Waals surface area contributed by atoms with Crippen LogP contribution in [-0.2, 0) is 6.42 Å². The van der Waals surface area contributed by atoms with Crippen molar-refractivity contribution in [1.29, 1.82) is 0 Å². The highest BCUT2D eigenvalue weighted by Gasteiger charge is 2.17. The summed E-state index contributed by atoms with van der Waals surface area (Å²) in [4.78, 5) is 29.3. The molecule has 1 amide bonds. The van der Waals surface area contributed by atoms with E-state index in [4.69, 9.17) is 0 Å². The number of halogens is 1. The molecule has 1 aromatic carbocycles. The Kier molecular flexibility index (Phi) is 4.47. The van der Waals surface area contributed by atoms with E-state index in [1.54, 1.807) is 25.1 Å². The molecule has 3 aromatic rings. The second-order valence-electron chi connectivity index (χ2n) is 5.63. The first kappa shape index (κ1) is 16.6. The zero-order chi connectivity index (χ0) is 18.0. The molecule has 2 N–H and O–H groups in total. The van der Waals surface area contributed by atoms with Crippen LogP contribution >= 0.6 is 0 Å². The molecule has 0 aliphatic rings. The molecule has 0 aliphatic heterocycles. The van der Waals surface area contributed by atoms with Gasteiger partial charge in [-0.25, -0.2) is 13.9 Å². The maximum absolute atomic E-state index is 13.0. The Morgan fingerprint density at radius 1 is 1.40 bits per heavy atom. The lowest BCUT2D eigenvalue weighted by molar-refractivity contribution is 0.0959. The van der Waals surface area contributed by atoms with Gasteiger partial charge in [0, 0.05) is 30.4 Å².